The van der Waals surface area contributed by atoms with Crippen LogP contribution in [0.2, 0.25) is 0 Å². The van der Waals surface area contributed by atoms with E-state index in [0.29, 0.717) is 23.5 Å². The van der Waals surface area contributed by atoms with Crippen molar-refractivity contribution in [2.45, 2.75) is 18.4 Å². The van der Waals surface area contributed by atoms with Crippen LogP contribution in [0.3, 0.4) is 0 Å². The summed E-state index contributed by atoms with van der Waals surface area (Å²) in [6.07, 6.45) is 1.54. The Morgan fingerprint density at radius 2 is 1.94 bits per heavy atom. The minimum Gasteiger partial charge on any atom is -0.380 e. The quantitative estimate of drug-likeness (QED) is 0.277. The average molecular weight is 497 g/mol. The van der Waals surface area contributed by atoms with E-state index in [2.05, 4.69) is 35.6 Å². The van der Waals surface area contributed by atoms with Gasteiger partial charge in [0, 0.05) is 32.8 Å². The van der Waals surface area contributed by atoms with Crippen molar-refractivity contribution in [2.24, 2.45) is 0 Å². The molecule has 0 atom stereocenters. The van der Waals surface area contributed by atoms with Gasteiger partial charge in [-0.3, -0.25) is 4.79 Å². The number of benzene rings is 2. The smallest absolute Gasteiger partial charge is 0.240 e. The van der Waals surface area contributed by atoms with Gasteiger partial charge in [-0.25, -0.2) is 18.1 Å². The Balaban J connectivity index is 1.55. The van der Waals surface area contributed by atoms with Crippen molar-refractivity contribution in [1.29, 1.82) is 0 Å². The number of carbonyl (C=O) groups excluding carboxylic acids is 1. The molecule has 182 valence electrons. The van der Waals surface area contributed by atoms with Crippen LogP contribution in [-0.4, -0.2) is 59.5 Å². The van der Waals surface area contributed by atoms with Gasteiger partial charge in [0.05, 0.1) is 23.4 Å². The molecule has 0 fully saturated rings. The molecule has 1 amide bonds. The summed E-state index contributed by atoms with van der Waals surface area (Å²) in [7, 11) is -2.14. The molecule has 13 heteroatoms. The maximum atomic E-state index is 12.6. The van der Waals surface area contributed by atoms with Crippen LogP contribution >= 0.6 is 0 Å². The predicted octanol–water partition coefficient (Wildman–Crippen LogP) is 1.51. The van der Waals surface area contributed by atoms with E-state index in [1.807, 2.05) is 24.3 Å². The summed E-state index contributed by atoms with van der Waals surface area (Å²) in [4.78, 5) is 19.8. The van der Waals surface area contributed by atoms with Gasteiger partial charge in [0.1, 0.15) is 0 Å². The molecule has 0 unspecified atom stereocenters. The van der Waals surface area contributed by atoms with E-state index in [4.69, 9.17) is 4.74 Å². The molecule has 0 spiro atoms. The average Bonchev–Trinajstić information content (AvgIpc) is 3.26. The number of sulfonamides is 1. The number of fused-ring (bicyclic) bond motifs is 1. The zero-order chi connectivity index (χ0) is 24.8. The molecule has 2 aromatic carbocycles. The lowest BCUT2D eigenvalue weighted by molar-refractivity contribution is -0.118. The number of amides is 1. The lowest BCUT2D eigenvalue weighted by Crippen LogP contribution is -2.33. The summed E-state index contributed by atoms with van der Waals surface area (Å²) in [5.41, 5.74) is 3.22. The zero-order valence-electron chi connectivity index (χ0n) is 19.1. The largest absolute Gasteiger partial charge is 0.380 e. The standard InChI is InChI=1S/C22H24N8O4S/c1-15(31)23-9-10-25-35(32,33)19-8-4-6-17(12-19)26-22-24-13-20-21(27-22)30(29-28-20)18-7-3-5-16(11-18)14-34-2/h3-8,11-13,25H,9-10,14H2,1-2H3,(H,23,31)(H,24,26,27). The fourth-order valence-corrected chi connectivity index (χ4v) is 4.36. The van der Waals surface area contributed by atoms with E-state index in [0.717, 1.165) is 11.3 Å². The number of nitrogens with zero attached hydrogens (tertiary/aromatic N) is 5. The number of methoxy groups -OCH3 is 1. The van der Waals surface area contributed by atoms with Crippen molar-refractivity contribution in [3.63, 3.8) is 0 Å². The van der Waals surface area contributed by atoms with Gasteiger partial charge in [0.2, 0.25) is 21.9 Å². The van der Waals surface area contributed by atoms with Crippen LogP contribution < -0.4 is 15.4 Å². The van der Waals surface area contributed by atoms with Crippen molar-refractivity contribution in [3.8, 4) is 5.69 Å². The number of ether oxygens (including phenoxy) is 1. The minimum atomic E-state index is -3.77. The van der Waals surface area contributed by atoms with Crippen molar-refractivity contribution >= 4 is 38.7 Å². The van der Waals surface area contributed by atoms with Crippen LogP contribution in [0, 0.1) is 0 Å². The van der Waals surface area contributed by atoms with E-state index in [-0.39, 0.29) is 29.8 Å². The Labute approximate surface area is 201 Å². The molecule has 0 bridgehead atoms. The van der Waals surface area contributed by atoms with Crippen LogP contribution in [0.15, 0.2) is 59.6 Å². The summed E-state index contributed by atoms with van der Waals surface area (Å²) < 4.78 is 34.4. The van der Waals surface area contributed by atoms with Crippen LogP contribution in [0.5, 0.6) is 0 Å². The van der Waals surface area contributed by atoms with E-state index >= 15 is 0 Å². The molecule has 0 saturated heterocycles. The monoisotopic (exact) mass is 496 g/mol. The summed E-state index contributed by atoms with van der Waals surface area (Å²) in [5.74, 6) is 0.0221. The molecule has 0 aliphatic rings. The molecule has 4 aromatic rings. The van der Waals surface area contributed by atoms with Crippen molar-refractivity contribution in [2.75, 3.05) is 25.5 Å². The Morgan fingerprint density at radius 1 is 1.11 bits per heavy atom. The summed E-state index contributed by atoms with van der Waals surface area (Å²) in [6.45, 7) is 2.09. The van der Waals surface area contributed by atoms with Gasteiger partial charge in [-0.1, -0.05) is 23.4 Å². The van der Waals surface area contributed by atoms with E-state index < -0.39 is 10.0 Å². The van der Waals surface area contributed by atoms with Crippen LogP contribution in [0.1, 0.15) is 12.5 Å². The predicted molar refractivity (Wildman–Crippen MR) is 129 cm³/mol. The molecular weight excluding hydrogens is 472 g/mol. The SMILES string of the molecule is COCc1cccc(-n2nnc3cnc(Nc4cccc(S(=O)(=O)NCCNC(C)=O)c4)nc32)c1. The summed E-state index contributed by atoms with van der Waals surface area (Å²) in [6, 6.07) is 13.9. The summed E-state index contributed by atoms with van der Waals surface area (Å²) >= 11 is 0. The molecule has 12 nitrogen and oxygen atoms in total. The summed E-state index contributed by atoms with van der Waals surface area (Å²) in [5, 5.41) is 13.9. The molecule has 0 aliphatic heterocycles. The third kappa shape index (κ3) is 5.95. The topological polar surface area (TPSA) is 153 Å². The van der Waals surface area contributed by atoms with E-state index in [1.165, 1.54) is 25.3 Å². The number of aromatic nitrogens is 5. The first kappa shape index (κ1) is 24.2. The molecule has 0 radical (unpaired) electrons. The number of hydrogen-bond acceptors (Lipinski definition) is 9. The van der Waals surface area contributed by atoms with Crippen molar-refractivity contribution in [1.82, 2.24) is 35.0 Å². The fourth-order valence-electron chi connectivity index (χ4n) is 3.28. The van der Waals surface area contributed by atoms with Gasteiger partial charge in [0.15, 0.2) is 11.2 Å². The first-order valence-corrected chi connectivity index (χ1v) is 12.1. The van der Waals surface area contributed by atoms with Gasteiger partial charge in [-0.15, -0.1) is 5.10 Å². The number of rotatable bonds is 10. The van der Waals surface area contributed by atoms with E-state index in [9.17, 15) is 13.2 Å². The molecular formula is C22H24N8O4S. The Morgan fingerprint density at radius 3 is 2.74 bits per heavy atom. The first-order chi connectivity index (χ1) is 16.9. The van der Waals surface area contributed by atoms with Crippen LogP contribution in [-0.2, 0) is 26.2 Å². The lowest BCUT2D eigenvalue weighted by Gasteiger charge is -2.10. The second kappa shape index (κ2) is 10.5. The Bertz CT molecular complexity index is 1450. The van der Waals surface area contributed by atoms with Crippen molar-refractivity contribution in [3.05, 3.63) is 60.3 Å². The third-order valence-corrected chi connectivity index (χ3v) is 6.31. The fraction of sp³-hybridized carbons (Fsp3) is 0.227. The highest BCUT2D eigenvalue weighted by molar-refractivity contribution is 7.89. The molecule has 35 heavy (non-hydrogen) atoms. The van der Waals surface area contributed by atoms with Gasteiger partial charge < -0.3 is 15.4 Å². The number of carbonyl (C=O) groups is 1. The van der Waals surface area contributed by atoms with Gasteiger partial charge in [-0.05, 0) is 35.9 Å². The maximum absolute atomic E-state index is 12.6. The molecule has 3 N–H and O–H groups in total. The lowest BCUT2D eigenvalue weighted by atomic mass is 10.2. The highest BCUT2D eigenvalue weighted by atomic mass is 32.2. The minimum absolute atomic E-state index is 0.0630. The van der Waals surface area contributed by atoms with E-state index in [1.54, 1.807) is 23.9 Å². The second-order valence-electron chi connectivity index (χ2n) is 7.54. The molecule has 2 aromatic heterocycles. The molecule has 4 rings (SSSR count). The second-order valence-corrected chi connectivity index (χ2v) is 9.31. The van der Waals surface area contributed by atoms with Gasteiger partial charge in [-0.2, -0.15) is 9.67 Å². The zero-order valence-corrected chi connectivity index (χ0v) is 19.9. The van der Waals surface area contributed by atoms with Gasteiger partial charge >= 0.3 is 0 Å². The number of anilines is 2. The number of nitrogens with one attached hydrogen (secondary N) is 3. The third-order valence-electron chi connectivity index (χ3n) is 4.85. The normalized spacial score (nSPS) is 11.5. The Hall–Kier alpha value is -3.94. The first-order valence-electron chi connectivity index (χ1n) is 10.6. The highest BCUT2D eigenvalue weighted by Crippen LogP contribution is 2.21. The van der Waals surface area contributed by atoms with Crippen LogP contribution in [0.4, 0.5) is 11.6 Å². The Kier molecular flexibility index (Phi) is 7.29. The molecule has 0 aliphatic carbocycles. The van der Waals surface area contributed by atoms with Crippen LogP contribution in [0.25, 0.3) is 16.9 Å². The number of hydrogen-bond donors (Lipinski definition) is 3. The van der Waals surface area contributed by atoms with Gasteiger partial charge in [0.25, 0.3) is 0 Å². The molecule has 0 saturated carbocycles. The van der Waals surface area contributed by atoms with Crippen molar-refractivity contribution < 1.29 is 17.9 Å². The highest BCUT2D eigenvalue weighted by Gasteiger charge is 2.15. The molecule has 2 heterocycles. The maximum Gasteiger partial charge on any atom is 0.240 e.